The van der Waals surface area contributed by atoms with Crippen molar-refractivity contribution in [2.75, 3.05) is 6.54 Å². The second-order valence-corrected chi connectivity index (χ2v) is 8.06. The first-order chi connectivity index (χ1) is 8.74. The van der Waals surface area contributed by atoms with Gasteiger partial charge in [0.05, 0.1) is 4.92 Å². The van der Waals surface area contributed by atoms with E-state index in [0.717, 1.165) is 18.9 Å². The van der Waals surface area contributed by atoms with Crippen molar-refractivity contribution in [1.29, 1.82) is 0 Å². The molecule has 19 heavy (non-hydrogen) atoms. The number of sulfonamides is 1. The lowest BCUT2D eigenvalue weighted by atomic mass is 10.1. The van der Waals surface area contributed by atoms with E-state index in [1.165, 1.54) is 0 Å². The Morgan fingerprint density at radius 2 is 2.16 bits per heavy atom. The number of nitrogens with one attached hydrogen (secondary N) is 1. The zero-order chi connectivity index (χ0) is 14.6. The number of rotatable bonds is 7. The topological polar surface area (TPSA) is 89.3 Å². The van der Waals surface area contributed by atoms with E-state index in [9.17, 15) is 18.5 Å². The number of halogens is 1. The molecule has 0 amide bonds. The van der Waals surface area contributed by atoms with Crippen molar-refractivity contribution in [1.82, 2.24) is 4.72 Å². The van der Waals surface area contributed by atoms with Gasteiger partial charge in [-0.25, -0.2) is 13.1 Å². The zero-order valence-corrected chi connectivity index (χ0v) is 12.9. The van der Waals surface area contributed by atoms with E-state index >= 15 is 0 Å². The first kappa shape index (κ1) is 16.4. The Bertz CT molecular complexity index is 554. The molecule has 0 radical (unpaired) electrons. The van der Waals surface area contributed by atoms with Crippen LogP contribution in [0.3, 0.4) is 0 Å². The molecule has 1 heterocycles. The summed E-state index contributed by atoms with van der Waals surface area (Å²) in [4.78, 5) is 9.91. The summed E-state index contributed by atoms with van der Waals surface area (Å²) in [7, 11) is -3.71. The van der Waals surface area contributed by atoms with Gasteiger partial charge in [0.1, 0.15) is 4.21 Å². The lowest BCUT2D eigenvalue weighted by Crippen LogP contribution is -2.24. The fraction of sp³-hybridized carbons (Fsp3) is 0.600. The maximum absolute atomic E-state index is 11.9. The smallest absolute Gasteiger partial charge is 0.258 e. The molecule has 0 bridgehead atoms. The summed E-state index contributed by atoms with van der Waals surface area (Å²) in [6.07, 6.45) is 1.63. The summed E-state index contributed by atoms with van der Waals surface area (Å²) in [6.45, 7) is 4.41. The Kier molecular flexibility index (Phi) is 5.72. The summed E-state index contributed by atoms with van der Waals surface area (Å²) >= 11 is 6.32. The highest BCUT2D eigenvalue weighted by Crippen LogP contribution is 2.36. The first-order valence-corrected chi connectivity index (χ1v) is 8.35. The number of nitrogens with zero attached hydrogens (tertiary/aromatic N) is 1. The van der Waals surface area contributed by atoms with Crippen LogP contribution >= 0.6 is 22.9 Å². The highest BCUT2D eigenvalue weighted by atomic mass is 35.5. The molecule has 9 heteroatoms. The van der Waals surface area contributed by atoms with E-state index in [0.29, 0.717) is 23.8 Å². The van der Waals surface area contributed by atoms with Gasteiger partial charge in [-0.05, 0) is 18.8 Å². The molecule has 0 aliphatic carbocycles. The third kappa shape index (κ3) is 4.72. The van der Waals surface area contributed by atoms with Gasteiger partial charge < -0.3 is 0 Å². The number of hydrogen-bond donors (Lipinski definition) is 1. The maximum Gasteiger partial charge on any atom is 0.300 e. The third-order valence-electron chi connectivity index (χ3n) is 2.36. The van der Waals surface area contributed by atoms with Crippen molar-refractivity contribution in [3.8, 4) is 0 Å². The zero-order valence-electron chi connectivity index (χ0n) is 10.6. The molecule has 0 saturated carbocycles. The fourth-order valence-corrected chi connectivity index (χ4v) is 4.17. The van der Waals surface area contributed by atoms with E-state index in [1.807, 2.05) is 0 Å². The normalized spacial score (nSPS) is 12.0. The summed E-state index contributed by atoms with van der Waals surface area (Å²) < 4.78 is 25.9. The van der Waals surface area contributed by atoms with E-state index < -0.39 is 14.9 Å². The van der Waals surface area contributed by atoms with Crippen LogP contribution in [0.4, 0.5) is 5.69 Å². The molecule has 0 aliphatic rings. The molecule has 108 valence electrons. The molecule has 1 rings (SSSR count). The lowest BCUT2D eigenvalue weighted by molar-refractivity contribution is -0.384. The van der Waals surface area contributed by atoms with E-state index in [1.54, 1.807) is 0 Å². The predicted molar refractivity (Wildman–Crippen MR) is 75.2 cm³/mol. The fourth-order valence-electron chi connectivity index (χ4n) is 1.38. The van der Waals surface area contributed by atoms with Crippen molar-refractivity contribution < 1.29 is 13.3 Å². The van der Waals surface area contributed by atoms with E-state index in [2.05, 4.69) is 18.6 Å². The molecular formula is C10H15ClN2O4S2. The van der Waals surface area contributed by atoms with E-state index in [4.69, 9.17) is 11.6 Å². The van der Waals surface area contributed by atoms with Crippen LogP contribution in [0.5, 0.6) is 0 Å². The van der Waals surface area contributed by atoms with Crippen LogP contribution in [0.1, 0.15) is 26.7 Å². The Labute approximate surface area is 121 Å². The standard InChI is InChI=1S/C10H15ClN2O4S2/c1-7(2)4-3-5-12-19(16,17)9-6-8(13(14)15)10(11)18-9/h6-7,12H,3-5H2,1-2H3. The van der Waals surface area contributed by atoms with Crippen molar-refractivity contribution in [3.63, 3.8) is 0 Å². The molecule has 0 aliphatic heterocycles. The molecule has 6 nitrogen and oxygen atoms in total. The molecule has 0 unspecified atom stereocenters. The van der Waals surface area contributed by atoms with Crippen molar-refractivity contribution in [3.05, 3.63) is 20.5 Å². The minimum atomic E-state index is -3.71. The van der Waals surface area contributed by atoms with Gasteiger partial charge in [-0.15, -0.1) is 11.3 Å². The summed E-state index contributed by atoms with van der Waals surface area (Å²) in [5, 5.41) is 10.6. The van der Waals surface area contributed by atoms with Crippen molar-refractivity contribution in [2.24, 2.45) is 5.92 Å². The lowest BCUT2D eigenvalue weighted by Gasteiger charge is -2.06. The molecule has 1 aromatic heterocycles. The minimum absolute atomic E-state index is 0.131. The summed E-state index contributed by atoms with van der Waals surface area (Å²) in [6, 6.07) is 0.984. The maximum atomic E-state index is 11.9. The van der Waals surface area contributed by atoms with Crippen LogP contribution in [0.15, 0.2) is 10.3 Å². The third-order valence-corrected chi connectivity index (χ3v) is 5.63. The molecule has 1 aromatic rings. The molecule has 1 N–H and O–H groups in total. The number of hydrogen-bond acceptors (Lipinski definition) is 5. The van der Waals surface area contributed by atoms with Gasteiger partial charge in [0.15, 0.2) is 4.34 Å². The van der Waals surface area contributed by atoms with Gasteiger partial charge in [-0.1, -0.05) is 25.4 Å². The Hall–Kier alpha value is -0.700. The second-order valence-electron chi connectivity index (χ2n) is 4.42. The van der Waals surface area contributed by atoms with Gasteiger partial charge in [0.2, 0.25) is 10.0 Å². The number of nitro groups is 1. The van der Waals surface area contributed by atoms with Crippen LogP contribution < -0.4 is 4.72 Å². The molecule has 0 aromatic carbocycles. The predicted octanol–water partition coefficient (Wildman–Crippen LogP) is 3.02. The Morgan fingerprint density at radius 3 is 2.63 bits per heavy atom. The quantitative estimate of drug-likeness (QED) is 0.474. The SMILES string of the molecule is CC(C)CCCNS(=O)(=O)c1cc([N+](=O)[O-])c(Cl)s1. The largest absolute Gasteiger partial charge is 0.300 e. The van der Waals surface area contributed by atoms with Crippen LogP contribution in [0.25, 0.3) is 0 Å². The van der Waals surface area contributed by atoms with Crippen LogP contribution in [-0.4, -0.2) is 19.9 Å². The van der Waals surface area contributed by atoms with Gasteiger partial charge in [-0.2, -0.15) is 0 Å². The second kappa shape index (κ2) is 6.65. The molecule has 0 saturated heterocycles. The Balaban J connectivity index is 2.72. The monoisotopic (exact) mass is 326 g/mol. The van der Waals surface area contributed by atoms with Gasteiger partial charge in [-0.3, -0.25) is 10.1 Å². The van der Waals surface area contributed by atoms with Crippen LogP contribution in [0, 0.1) is 16.0 Å². The minimum Gasteiger partial charge on any atom is -0.258 e. The van der Waals surface area contributed by atoms with Gasteiger partial charge in [0.25, 0.3) is 5.69 Å². The highest BCUT2D eigenvalue weighted by molar-refractivity contribution is 7.91. The molecule has 0 spiro atoms. The number of thiophene rings is 1. The first-order valence-electron chi connectivity index (χ1n) is 5.67. The summed E-state index contributed by atoms with van der Waals surface area (Å²) in [5.74, 6) is 0.502. The average molecular weight is 327 g/mol. The van der Waals surface area contributed by atoms with Gasteiger partial charge >= 0.3 is 0 Å². The van der Waals surface area contributed by atoms with Crippen molar-refractivity contribution in [2.45, 2.75) is 30.9 Å². The summed E-state index contributed by atoms with van der Waals surface area (Å²) in [5.41, 5.74) is -0.380. The molecular weight excluding hydrogens is 312 g/mol. The van der Waals surface area contributed by atoms with Crippen LogP contribution in [-0.2, 0) is 10.0 Å². The van der Waals surface area contributed by atoms with Gasteiger partial charge in [0, 0.05) is 12.6 Å². The van der Waals surface area contributed by atoms with Crippen molar-refractivity contribution >= 4 is 38.6 Å². The van der Waals surface area contributed by atoms with E-state index in [-0.39, 0.29) is 14.2 Å². The highest BCUT2D eigenvalue weighted by Gasteiger charge is 2.24. The molecule has 0 fully saturated rings. The van der Waals surface area contributed by atoms with Crippen LogP contribution in [0.2, 0.25) is 4.34 Å². The average Bonchev–Trinajstić information content (AvgIpc) is 2.67. The molecule has 0 atom stereocenters. The Morgan fingerprint density at radius 1 is 1.53 bits per heavy atom.